The Balaban J connectivity index is 2.14. The van der Waals surface area contributed by atoms with E-state index >= 15 is 0 Å². The van der Waals surface area contributed by atoms with Crippen molar-refractivity contribution in [2.45, 2.75) is 33.8 Å². The quantitative estimate of drug-likeness (QED) is 0.842. The van der Waals surface area contributed by atoms with Gasteiger partial charge in [-0.25, -0.2) is 9.97 Å². The second kappa shape index (κ2) is 8.29. The molecule has 24 heavy (non-hydrogen) atoms. The first-order chi connectivity index (χ1) is 11.5. The van der Waals surface area contributed by atoms with Crippen LogP contribution in [0.5, 0.6) is 5.75 Å². The van der Waals surface area contributed by atoms with Gasteiger partial charge in [0.25, 0.3) is 5.91 Å². The second-order valence-electron chi connectivity index (χ2n) is 5.56. The number of aromatic nitrogens is 2. The summed E-state index contributed by atoms with van der Waals surface area (Å²) >= 11 is 0. The Morgan fingerprint density at radius 2 is 1.79 bits per heavy atom. The number of hydrogen-bond donors (Lipinski definition) is 1. The molecule has 1 N–H and O–H groups in total. The lowest BCUT2D eigenvalue weighted by Crippen LogP contribution is -2.30. The van der Waals surface area contributed by atoms with E-state index in [-0.39, 0.29) is 12.0 Å². The zero-order chi connectivity index (χ0) is 17.5. The molecule has 0 radical (unpaired) electrons. The van der Waals surface area contributed by atoms with Crippen LogP contribution in [0.2, 0.25) is 0 Å². The average molecular weight is 328 g/mol. The molecule has 1 amide bonds. The van der Waals surface area contributed by atoms with E-state index in [0.717, 1.165) is 11.4 Å². The van der Waals surface area contributed by atoms with Gasteiger partial charge in [0.15, 0.2) is 0 Å². The summed E-state index contributed by atoms with van der Waals surface area (Å²) in [6, 6.07) is 7.61. The molecule has 1 aromatic carbocycles. The van der Waals surface area contributed by atoms with Crippen LogP contribution in [0.15, 0.2) is 36.7 Å². The normalized spacial score (nSPS) is 10.5. The van der Waals surface area contributed by atoms with Gasteiger partial charge in [-0.3, -0.25) is 4.79 Å². The number of anilines is 2. The molecule has 1 heterocycles. The van der Waals surface area contributed by atoms with Crippen molar-refractivity contribution < 1.29 is 9.53 Å². The summed E-state index contributed by atoms with van der Waals surface area (Å²) in [6.07, 6.45) is 3.16. The van der Waals surface area contributed by atoms with Crippen molar-refractivity contribution in [2.24, 2.45) is 0 Å². The second-order valence-corrected chi connectivity index (χ2v) is 5.56. The van der Waals surface area contributed by atoms with Gasteiger partial charge in [0.2, 0.25) is 5.95 Å². The van der Waals surface area contributed by atoms with Crippen molar-refractivity contribution in [3.63, 3.8) is 0 Å². The zero-order valence-electron chi connectivity index (χ0n) is 14.6. The fourth-order valence-electron chi connectivity index (χ4n) is 2.24. The lowest BCUT2D eigenvalue weighted by atomic mass is 10.3. The minimum atomic E-state index is -0.0601. The number of ether oxygens (including phenoxy) is 1. The average Bonchev–Trinajstić information content (AvgIpc) is 2.58. The van der Waals surface area contributed by atoms with E-state index in [0.29, 0.717) is 24.6 Å². The maximum absolute atomic E-state index is 12.3. The highest BCUT2D eigenvalue weighted by Gasteiger charge is 2.13. The summed E-state index contributed by atoms with van der Waals surface area (Å²) in [6.45, 7) is 9.17. The van der Waals surface area contributed by atoms with Crippen LogP contribution >= 0.6 is 0 Å². The van der Waals surface area contributed by atoms with Crippen LogP contribution in [0.4, 0.5) is 11.6 Å². The lowest BCUT2D eigenvalue weighted by molar-refractivity contribution is 0.0772. The first-order valence-electron chi connectivity index (χ1n) is 8.19. The maximum atomic E-state index is 12.3. The van der Waals surface area contributed by atoms with E-state index in [2.05, 4.69) is 15.3 Å². The Labute approximate surface area is 142 Å². The van der Waals surface area contributed by atoms with Gasteiger partial charge in [-0.15, -0.1) is 0 Å². The number of nitrogens with zero attached hydrogens (tertiary/aromatic N) is 3. The zero-order valence-corrected chi connectivity index (χ0v) is 14.6. The molecule has 0 aliphatic heterocycles. The topological polar surface area (TPSA) is 67.4 Å². The highest BCUT2D eigenvalue weighted by molar-refractivity contribution is 5.93. The fraction of sp³-hybridized carbons (Fsp3) is 0.389. The number of nitrogens with one attached hydrogen (secondary N) is 1. The molecule has 0 atom stereocenters. The molecule has 0 unspecified atom stereocenters. The van der Waals surface area contributed by atoms with Crippen molar-refractivity contribution >= 4 is 17.5 Å². The van der Waals surface area contributed by atoms with Crippen LogP contribution < -0.4 is 10.1 Å². The minimum Gasteiger partial charge on any atom is -0.489 e. The van der Waals surface area contributed by atoms with Gasteiger partial charge in [0, 0.05) is 25.5 Å². The maximum Gasteiger partial charge on any atom is 0.256 e. The first-order valence-corrected chi connectivity index (χ1v) is 8.19. The number of carbonyl (C=O) groups is 1. The highest BCUT2D eigenvalue weighted by Crippen LogP contribution is 2.26. The van der Waals surface area contributed by atoms with Crippen molar-refractivity contribution in [3.8, 4) is 5.75 Å². The Morgan fingerprint density at radius 3 is 2.38 bits per heavy atom. The van der Waals surface area contributed by atoms with Gasteiger partial charge < -0.3 is 15.0 Å². The molecule has 2 aromatic rings. The molecule has 6 heteroatoms. The molecule has 0 spiro atoms. The molecular formula is C18H24N4O2. The smallest absolute Gasteiger partial charge is 0.256 e. The van der Waals surface area contributed by atoms with Crippen LogP contribution in [0, 0.1) is 0 Å². The van der Waals surface area contributed by atoms with E-state index in [1.807, 2.05) is 52.0 Å². The largest absolute Gasteiger partial charge is 0.489 e. The molecular weight excluding hydrogens is 304 g/mol. The van der Waals surface area contributed by atoms with Crippen molar-refractivity contribution in [2.75, 3.05) is 18.4 Å². The van der Waals surface area contributed by atoms with Gasteiger partial charge in [-0.2, -0.15) is 0 Å². The Kier molecular flexibility index (Phi) is 6.12. The summed E-state index contributed by atoms with van der Waals surface area (Å²) in [5.41, 5.74) is 1.27. The van der Waals surface area contributed by atoms with Crippen LogP contribution in [-0.4, -0.2) is 40.0 Å². The summed E-state index contributed by atoms with van der Waals surface area (Å²) < 4.78 is 5.76. The summed E-state index contributed by atoms with van der Waals surface area (Å²) in [4.78, 5) is 22.5. The Morgan fingerprint density at radius 1 is 1.17 bits per heavy atom. The van der Waals surface area contributed by atoms with Crippen LogP contribution in [0.3, 0.4) is 0 Å². The van der Waals surface area contributed by atoms with Crippen LogP contribution in [0.25, 0.3) is 0 Å². The number of amides is 1. The third-order valence-corrected chi connectivity index (χ3v) is 3.45. The monoisotopic (exact) mass is 328 g/mol. The Hall–Kier alpha value is -2.63. The molecule has 6 nitrogen and oxygen atoms in total. The summed E-state index contributed by atoms with van der Waals surface area (Å²) in [5, 5.41) is 3.13. The molecule has 0 bridgehead atoms. The number of rotatable bonds is 7. The van der Waals surface area contributed by atoms with E-state index in [4.69, 9.17) is 4.74 Å². The molecule has 0 saturated carbocycles. The van der Waals surface area contributed by atoms with E-state index in [9.17, 15) is 4.79 Å². The third-order valence-electron chi connectivity index (χ3n) is 3.45. The minimum absolute atomic E-state index is 0.0601. The van der Waals surface area contributed by atoms with Gasteiger partial charge >= 0.3 is 0 Å². The predicted molar refractivity (Wildman–Crippen MR) is 94.8 cm³/mol. The fourth-order valence-corrected chi connectivity index (χ4v) is 2.24. The molecule has 2 rings (SSSR count). The summed E-state index contributed by atoms with van der Waals surface area (Å²) in [5.74, 6) is 1.10. The molecule has 0 saturated heterocycles. The lowest BCUT2D eigenvalue weighted by Gasteiger charge is -2.18. The van der Waals surface area contributed by atoms with Gasteiger partial charge in [0.05, 0.1) is 17.4 Å². The van der Waals surface area contributed by atoms with Crippen molar-refractivity contribution in [3.05, 3.63) is 42.2 Å². The van der Waals surface area contributed by atoms with E-state index in [1.165, 1.54) is 0 Å². The van der Waals surface area contributed by atoms with Gasteiger partial charge in [0.1, 0.15) is 5.75 Å². The number of benzene rings is 1. The van der Waals surface area contributed by atoms with Crippen LogP contribution in [-0.2, 0) is 0 Å². The first kappa shape index (κ1) is 17.7. The van der Waals surface area contributed by atoms with Gasteiger partial charge in [-0.05, 0) is 39.8 Å². The highest BCUT2D eigenvalue weighted by atomic mass is 16.5. The number of para-hydroxylation sites is 2. The Bertz CT molecular complexity index is 667. The van der Waals surface area contributed by atoms with Crippen molar-refractivity contribution in [1.29, 1.82) is 0 Å². The molecule has 0 fully saturated rings. The molecule has 0 aliphatic rings. The molecule has 1 aromatic heterocycles. The summed E-state index contributed by atoms with van der Waals surface area (Å²) in [7, 11) is 0. The van der Waals surface area contributed by atoms with Gasteiger partial charge in [-0.1, -0.05) is 12.1 Å². The number of hydrogen-bond acceptors (Lipinski definition) is 5. The SMILES string of the molecule is CCN(CC)C(=O)c1cnc(Nc2ccccc2OC(C)C)nc1. The third kappa shape index (κ3) is 4.44. The molecule has 0 aliphatic carbocycles. The number of carbonyl (C=O) groups excluding carboxylic acids is 1. The van der Waals surface area contributed by atoms with E-state index < -0.39 is 0 Å². The van der Waals surface area contributed by atoms with Crippen LogP contribution in [0.1, 0.15) is 38.1 Å². The van der Waals surface area contributed by atoms with E-state index in [1.54, 1.807) is 17.3 Å². The standard InChI is InChI=1S/C18H24N4O2/c1-5-22(6-2)17(23)14-11-19-18(20-12-14)21-15-9-7-8-10-16(15)24-13(3)4/h7-13H,5-6H2,1-4H3,(H,19,20,21). The molecule has 128 valence electrons. The van der Waals surface area contributed by atoms with Crippen molar-refractivity contribution in [1.82, 2.24) is 14.9 Å². The predicted octanol–water partition coefficient (Wildman–Crippen LogP) is 3.49.